The van der Waals surface area contributed by atoms with Crippen molar-refractivity contribution in [2.24, 2.45) is 0 Å². The molecule has 0 unspecified atom stereocenters. The minimum absolute atomic E-state index is 0.0697. The van der Waals surface area contributed by atoms with Gasteiger partial charge in [-0.15, -0.1) is 0 Å². The van der Waals surface area contributed by atoms with E-state index in [9.17, 15) is 13.2 Å². The fourth-order valence-corrected chi connectivity index (χ4v) is 5.32. The molecule has 1 N–H and O–H groups in total. The molecule has 0 aliphatic carbocycles. The van der Waals surface area contributed by atoms with Gasteiger partial charge in [0.1, 0.15) is 5.75 Å². The van der Waals surface area contributed by atoms with E-state index in [1.165, 1.54) is 4.31 Å². The maximum atomic E-state index is 12.8. The van der Waals surface area contributed by atoms with Gasteiger partial charge < -0.3 is 15.0 Å². The number of sulfonamides is 1. The number of anilines is 1. The highest BCUT2D eigenvalue weighted by Gasteiger charge is 2.27. The highest BCUT2D eigenvalue weighted by Crippen LogP contribution is 2.21. The molecule has 8 heteroatoms. The lowest BCUT2D eigenvalue weighted by atomic mass is 10.0. The van der Waals surface area contributed by atoms with Crippen LogP contribution in [0.2, 0.25) is 0 Å². The molecule has 1 amide bonds. The third-order valence-corrected chi connectivity index (χ3v) is 7.84. The summed E-state index contributed by atoms with van der Waals surface area (Å²) in [6.45, 7) is 2.14. The molecule has 0 atom stereocenters. The summed E-state index contributed by atoms with van der Waals surface area (Å²) in [6.07, 6.45) is 0. The third-order valence-electron chi connectivity index (χ3n) is 5.97. The summed E-state index contributed by atoms with van der Waals surface area (Å²) >= 11 is 0. The number of piperazine rings is 1. The lowest BCUT2D eigenvalue weighted by molar-refractivity contribution is 0.0956. The normalized spacial score (nSPS) is 14.6. The highest BCUT2D eigenvalue weighted by molar-refractivity contribution is 7.89. The van der Waals surface area contributed by atoms with E-state index >= 15 is 0 Å². The van der Waals surface area contributed by atoms with Gasteiger partial charge in [-0.1, -0.05) is 42.5 Å². The summed E-state index contributed by atoms with van der Waals surface area (Å²) in [6, 6.07) is 25.0. The van der Waals surface area contributed by atoms with E-state index in [1.807, 2.05) is 66.7 Å². The van der Waals surface area contributed by atoms with Crippen molar-refractivity contribution in [2.45, 2.75) is 0 Å². The number of methoxy groups -OCH3 is 1. The number of ether oxygens (including phenoxy) is 1. The van der Waals surface area contributed by atoms with E-state index in [2.05, 4.69) is 10.2 Å². The van der Waals surface area contributed by atoms with Crippen LogP contribution in [0.25, 0.3) is 11.1 Å². The number of nitrogens with one attached hydrogen (secondary N) is 1. The fourth-order valence-electron chi connectivity index (χ4n) is 3.99. The van der Waals surface area contributed by atoms with Gasteiger partial charge in [-0.3, -0.25) is 4.79 Å². The first-order valence-electron chi connectivity index (χ1n) is 11.3. The molecule has 178 valence electrons. The van der Waals surface area contributed by atoms with Gasteiger partial charge in [0, 0.05) is 44.0 Å². The van der Waals surface area contributed by atoms with E-state index in [-0.39, 0.29) is 18.2 Å². The standard InChI is InChI=1S/C26H29N3O4S/c1-33-25-13-11-24(12-14-25)28-16-18-29(19-17-28)34(31,32)20-15-27-26(30)23-9-7-22(8-10-23)21-5-3-2-4-6-21/h2-14H,15-20H2,1H3,(H,27,30). The van der Waals surface area contributed by atoms with Gasteiger partial charge in [0.05, 0.1) is 12.9 Å². The van der Waals surface area contributed by atoms with Crippen LogP contribution in [0.15, 0.2) is 78.9 Å². The molecule has 1 heterocycles. The molecule has 3 aromatic carbocycles. The second-order valence-electron chi connectivity index (χ2n) is 8.10. The SMILES string of the molecule is COc1ccc(N2CCN(S(=O)(=O)CCNC(=O)c3ccc(-c4ccccc4)cc3)CC2)cc1. The lowest BCUT2D eigenvalue weighted by Crippen LogP contribution is -2.50. The Morgan fingerprint density at radius 3 is 2.09 bits per heavy atom. The molecule has 0 spiro atoms. The number of amides is 1. The monoisotopic (exact) mass is 479 g/mol. The lowest BCUT2D eigenvalue weighted by Gasteiger charge is -2.35. The number of benzene rings is 3. The zero-order chi connectivity index (χ0) is 24.0. The van der Waals surface area contributed by atoms with Crippen molar-refractivity contribution in [1.82, 2.24) is 9.62 Å². The smallest absolute Gasteiger partial charge is 0.251 e. The molecule has 1 aliphatic heterocycles. The Kier molecular flexibility index (Phi) is 7.49. The Morgan fingerprint density at radius 1 is 0.853 bits per heavy atom. The van der Waals surface area contributed by atoms with Gasteiger partial charge >= 0.3 is 0 Å². The van der Waals surface area contributed by atoms with Crippen LogP contribution in [0.5, 0.6) is 5.75 Å². The van der Waals surface area contributed by atoms with Gasteiger partial charge in [-0.2, -0.15) is 4.31 Å². The predicted molar refractivity (Wildman–Crippen MR) is 135 cm³/mol. The van der Waals surface area contributed by atoms with Crippen LogP contribution in [-0.2, 0) is 10.0 Å². The summed E-state index contributed by atoms with van der Waals surface area (Å²) in [4.78, 5) is 14.6. The van der Waals surface area contributed by atoms with Gasteiger partial charge in [-0.05, 0) is 47.5 Å². The van der Waals surface area contributed by atoms with Crippen molar-refractivity contribution in [3.63, 3.8) is 0 Å². The van der Waals surface area contributed by atoms with Crippen LogP contribution in [0, 0.1) is 0 Å². The zero-order valence-electron chi connectivity index (χ0n) is 19.2. The average Bonchev–Trinajstić information content (AvgIpc) is 2.89. The molecule has 1 fully saturated rings. The average molecular weight is 480 g/mol. The molecule has 1 aliphatic rings. The van der Waals surface area contributed by atoms with Crippen LogP contribution in [0.4, 0.5) is 5.69 Å². The molecule has 1 saturated heterocycles. The molecule has 0 aromatic heterocycles. The van der Waals surface area contributed by atoms with Crippen molar-refractivity contribution >= 4 is 21.6 Å². The van der Waals surface area contributed by atoms with Crippen LogP contribution >= 0.6 is 0 Å². The second kappa shape index (κ2) is 10.7. The van der Waals surface area contributed by atoms with Gasteiger partial charge in [0.15, 0.2) is 0 Å². The molecule has 0 bridgehead atoms. The summed E-state index contributed by atoms with van der Waals surface area (Å²) in [5.74, 6) is 0.391. The van der Waals surface area contributed by atoms with E-state index in [0.717, 1.165) is 22.6 Å². The van der Waals surface area contributed by atoms with Crippen molar-refractivity contribution in [2.75, 3.05) is 50.5 Å². The molecule has 0 saturated carbocycles. The van der Waals surface area contributed by atoms with Crippen LogP contribution in [0.3, 0.4) is 0 Å². The Hall–Kier alpha value is -3.36. The largest absolute Gasteiger partial charge is 0.497 e. The van der Waals surface area contributed by atoms with Gasteiger partial charge in [0.25, 0.3) is 5.91 Å². The van der Waals surface area contributed by atoms with Gasteiger partial charge in [0.2, 0.25) is 10.0 Å². The first kappa shape index (κ1) is 23.8. The first-order valence-corrected chi connectivity index (χ1v) is 12.9. The Bertz CT molecular complexity index is 1190. The van der Waals surface area contributed by atoms with Crippen molar-refractivity contribution in [3.05, 3.63) is 84.4 Å². The number of hydrogen-bond donors (Lipinski definition) is 1. The number of hydrogen-bond acceptors (Lipinski definition) is 5. The fraction of sp³-hybridized carbons (Fsp3) is 0.269. The predicted octanol–water partition coefficient (Wildman–Crippen LogP) is 3.24. The highest BCUT2D eigenvalue weighted by atomic mass is 32.2. The Labute approximate surface area is 201 Å². The van der Waals surface area contributed by atoms with E-state index < -0.39 is 10.0 Å². The van der Waals surface area contributed by atoms with Crippen LogP contribution in [-0.4, -0.2) is 64.2 Å². The van der Waals surface area contributed by atoms with E-state index in [4.69, 9.17) is 4.74 Å². The van der Waals surface area contributed by atoms with Crippen molar-refractivity contribution in [3.8, 4) is 16.9 Å². The topological polar surface area (TPSA) is 79.0 Å². The maximum Gasteiger partial charge on any atom is 0.251 e. The summed E-state index contributed by atoms with van der Waals surface area (Å²) in [5.41, 5.74) is 3.65. The first-order chi connectivity index (χ1) is 16.5. The van der Waals surface area contributed by atoms with E-state index in [1.54, 1.807) is 19.2 Å². The maximum absolute atomic E-state index is 12.8. The molecule has 4 rings (SSSR count). The molecule has 34 heavy (non-hydrogen) atoms. The van der Waals surface area contributed by atoms with Crippen LogP contribution < -0.4 is 15.0 Å². The number of nitrogens with zero attached hydrogens (tertiary/aromatic N) is 2. The summed E-state index contributed by atoms with van der Waals surface area (Å²) in [7, 11) is -1.82. The minimum atomic E-state index is -3.45. The molecular weight excluding hydrogens is 450 g/mol. The molecule has 3 aromatic rings. The van der Waals surface area contributed by atoms with Crippen molar-refractivity contribution < 1.29 is 17.9 Å². The zero-order valence-corrected chi connectivity index (χ0v) is 20.0. The Morgan fingerprint density at radius 2 is 1.47 bits per heavy atom. The van der Waals surface area contributed by atoms with Crippen molar-refractivity contribution in [1.29, 1.82) is 0 Å². The minimum Gasteiger partial charge on any atom is -0.497 e. The Balaban J connectivity index is 1.25. The van der Waals surface area contributed by atoms with E-state index in [0.29, 0.717) is 31.7 Å². The molecular formula is C26H29N3O4S. The number of rotatable bonds is 8. The van der Waals surface area contributed by atoms with Crippen LogP contribution in [0.1, 0.15) is 10.4 Å². The quantitative estimate of drug-likeness (QED) is 0.537. The third kappa shape index (κ3) is 5.76. The van der Waals surface area contributed by atoms with Gasteiger partial charge in [-0.25, -0.2) is 8.42 Å². The second-order valence-corrected chi connectivity index (χ2v) is 10.2. The molecule has 0 radical (unpaired) electrons. The molecule has 7 nitrogen and oxygen atoms in total. The summed E-state index contributed by atoms with van der Waals surface area (Å²) in [5, 5.41) is 2.73. The number of carbonyl (C=O) groups excluding carboxylic acids is 1. The summed E-state index contributed by atoms with van der Waals surface area (Å²) < 4.78 is 32.2. The number of carbonyl (C=O) groups is 1.